The zero-order chi connectivity index (χ0) is 21.2. The van der Waals surface area contributed by atoms with Crippen molar-refractivity contribution in [1.29, 1.82) is 0 Å². The SMILES string of the molecule is CC(=O)N1C(=O)C(c2c[nH]c3ccccc23)(c2c[nH]c3ccccc23)c2ccccc21. The minimum absolute atomic E-state index is 0.254. The fourth-order valence-corrected chi connectivity index (χ4v) is 5.12. The van der Waals surface area contributed by atoms with Gasteiger partial charge in [-0.1, -0.05) is 54.6 Å². The summed E-state index contributed by atoms with van der Waals surface area (Å²) < 4.78 is 0. The van der Waals surface area contributed by atoms with E-state index in [0.29, 0.717) is 5.69 Å². The Morgan fingerprint density at radius 3 is 1.84 bits per heavy atom. The van der Waals surface area contributed by atoms with Crippen molar-refractivity contribution in [1.82, 2.24) is 9.97 Å². The third-order valence-corrected chi connectivity index (χ3v) is 6.37. The normalized spacial score (nSPS) is 15.0. The van der Waals surface area contributed by atoms with Crippen LogP contribution in [0.4, 0.5) is 5.69 Å². The molecular formula is C26H19N3O2. The number of H-pyrrole nitrogens is 2. The van der Waals surface area contributed by atoms with E-state index in [1.54, 1.807) is 0 Å². The summed E-state index contributed by atoms with van der Waals surface area (Å²) in [7, 11) is 0. The molecule has 0 spiro atoms. The Bertz CT molecular complexity index is 1430. The number of aromatic nitrogens is 2. The molecule has 0 aliphatic carbocycles. The number of carbonyl (C=O) groups is 2. The Hall–Kier alpha value is -4.12. The van der Waals surface area contributed by atoms with Crippen molar-refractivity contribution >= 4 is 39.3 Å². The van der Waals surface area contributed by atoms with Crippen molar-refractivity contribution < 1.29 is 9.59 Å². The van der Waals surface area contributed by atoms with Crippen LogP contribution in [-0.4, -0.2) is 21.8 Å². The van der Waals surface area contributed by atoms with Gasteiger partial charge in [0.1, 0.15) is 5.41 Å². The van der Waals surface area contributed by atoms with Crippen LogP contribution in [0.25, 0.3) is 21.8 Å². The predicted molar refractivity (Wildman–Crippen MR) is 121 cm³/mol. The summed E-state index contributed by atoms with van der Waals surface area (Å²) in [4.78, 5) is 34.9. The summed E-state index contributed by atoms with van der Waals surface area (Å²) in [5.74, 6) is -0.547. The van der Waals surface area contributed by atoms with Crippen LogP contribution >= 0.6 is 0 Å². The van der Waals surface area contributed by atoms with Crippen molar-refractivity contribution in [3.8, 4) is 0 Å². The summed E-state index contributed by atoms with van der Waals surface area (Å²) >= 11 is 0. The number of benzene rings is 3. The van der Waals surface area contributed by atoms with Crippen LogP contribution in [0, 0.1) is 0 Å². The minimum Gasteiger partial charge on any atom is -0.361 e. The third kappa shape index (κ3) is 2.15. The third-order valence-electron chi connectivity index (χ3n) is 6.37. The number of nitrogens with one attached hydrogen (secondary N) is 2. The molecule has 0 atom stereocenters. The van der Waals surface area contributed by atoms with Gasteiger partial charge < -0.3 is 9.97 Å². The lowest BCUT2D eigenvalue weighted by atomic mass is 9.70. The zero-order valence-corrected chi connectivity index (χ0v) is 16.8. The van der Waals surface area contributed by atoms with E-state index in [2.05, 4.69) is 9.97 Å². The van der Waals surface area contributed by atoms with E-state index < -0.39 is 5.41 Å². The average molecular weight is 405 g/mol. The smallest absolute Gasteiger partial charge is 0.253 e. The van der Waals surface area contributed by atoms with Crippen LogP contribution in [0.3, 0.4) is 0 Å². The molecule has 2 aromatic heterocycles. The quantitative estimate of drug-likeness (QED) is 0.440. The largest absolute Gasteiger partial charge is 0.361 e. The highest BCUT2D eigenvalue weighted by atomic mass is 16.2. The van der Waals surface area contributed by atoms with Gasteiger partial charge in [0.25, 0.3) is 5.91 Å². The van der Waals surface area contributed by atoms with Gasteiger partial charge in [-0.15, -0.1) is 0 Å². The number of carbonyl (C=O) groups excluding carboxylic acids is 2. The summed E-state index contributed by atoms with van der Waals surface area (Å²) in [5.41, 5.74) is 3.87. The number of hydrogen-bond donors (Lipinski definition) is 2. The molecule has 3 aromatic carbocycles. The maximum absolute atomic E-state index is 14.3. The average Bonchev–Trinajstić information content (AvgIpc) is 3.46. The molecule has 2 amide bonds. The Morgan fingerprint density at radius 2 is 1.26 bits per heavy atom. The Morgan fingerprint density at radius 1 is 0.742 bits per heavy atom. The molecular weight excluding hydrogens is 386 g/mol. The maximum Gasteiger partial charge on any atom is 0.253 e. The van der Waals surface area contributed by atoms with Crippen LogP contribution in [-0.2, 0) is 15.0 Å². The first-order valence-corrected chi connectivity index (χ1v) is 10.2. The molecule has 1 aliphatic heterocycles. The lowest BCUT2D eigenvalue weighted by molar-refractivity contribution is -0.126. The second-order valence-corrected chi connectivity index (χ2v) is 7.92. The first kappa shape index (κ1) is 17.7. The van der Waals surface area contributed by atoms with Crippen LogP contribution in [0.1, 0.15) is 23.6 Å². The molecule has 5 nitrogen and oxygen atoms in total. The summed E-state index contributed by atoms with van der Waals surface area (Å²) in [5, 5.41) is 1.92. The number of aromatic amines is 2. The molecule has 0 radical (unpaired) electrons. The summed E-state index contributed by atoms with van der Waals surface area (Å²) in [6, 6.07) is 23.5. The number of rotatable bonds is 2. The van der Waals surface area contributed by atoms with Gasteiger partial charge in [0, 0.05) is 57.8 Å². The molecule has 0 saturated heterocycles. The van der Waals surface area contributed by atoms with Gasteiger partial charge in [0.2, 0.25) is 5.91 Å². The maximum atomic E-state index is 14.3. The van der Waals surface area contributed by atoms with Crippen molar-refractivity contribution in [2.24, 2.45) is 0 Å². The first-order valence-electron chi connectivity index (χ1n) is 10.2. The highest BCUT2D eigenvalue weighted by molar-refractivity contribution is 6.26. The van der Waals surface area contributed by atoms with E-state index in [1.807, 2.05) is 85.2 Å². The molecule has 0 fully saturated rings. The second kappa shape index (κ2) is 6.19. The van der Waals surface area contributed by atoms with E-state index in [9.17, 15) is 9.59 Å². The second-order valence-electron chi connectivity index (χ2n) is 7.92. The van der Waals surface area contributed by atoms with Gasteiger partial charge in [-0.25, -0.2) is 4.90 Å². The lowest BCUT2D eigenvalue weighted by Gasteiger charge is -2.28. The van der Waals surface area contributed by atoms with Gasteiger partial charge in [0.15, 0.2) is 0 Å². The Balaban J connectivity index is 1.82. The summed E-state index contributed by atoms with van der Waals surface area (Å²) in [6.45, 7) is 1.44. The van der Waals surface area contributed by atoms with Gasteiger partial charge in [-0.3, -0.25) is 9.59 Å². The van der Waals surface area contributed by atoms with E-state index >= 15 is 0 Å². The summed E-state index contributed by atoms with van der Waals surface area (Å²) in [6.07, 6.45) is 3.81. The molecule has 0 unspecified atom stereocenters. The van der Waals surface area contributed by atoms with Gasteiger partial charge in [-0.2, -0.15) is 0 Å². The van der Waals surface area contributed by atoms with Crippen LogP contribution in [0.2, 0.25) is 0 Å². The molecule has 31 heavy (non-hydrogen) atoms. The number of hydrogen-bond acceptors (Lipinski definition) is 2. The van der Waals surface area contributed by atoms with Gasteiger partial charge in [-0.05, 0) is 18.2 Å². The molecule has 0 saturated carbocycles. The van der Waals surface area contributed by atoms with Gasteiger partial charge in [0.05, 0.1) is 5.69 Å². The van der Waals surface area contributed by atoms with Crippen LogP contribution < -0.4 is 4.90 Å². The van der Waals surface area contributed by atoms with E-state index in [-0.39, 0.29) is 11.8 Å². The number of fused-ring (bicyclic) bond motifs is 3. The molecule has 0 bridgehead atoms. The van der Waals surface area contributed by atoms with E-state index in [4.69, 9.17) is 0 Å². The molecule has 5 aromatic rings. The van der Waals surface area contributed by atoms with E-state index in [1.165, 1.54) is 11.8 Å². The fourth-order valence-electron chi connectivity index (χ4n) is 5.12. The van der Waals surface area contributed by atoms with Crippen LogP contribution in [0.15, 0.2) is 85.2 Å². The topological polar surface area (TPSA) is 69.0 Å². The highest BCUT2D eigenvalue weighted by Crippen LogP contribution is 2.53. The van der Waals surface area contributed by atoms with Crippen molar-refractivity contribution in [2.75, 3.05) is 4.90 Å². The number of nitrogens with zero attached hydrogens (tertiary/aromatic N) is 1. The number of anilines is 1. The van der Waals surface area contributed by atoms with Gasteiger partial charge >= 0.3 is 0 Å². The number of amides is 2. The monoisotopic (exact) mass is 405 g/mol. The Kier molecular flexibility index (Phi) is 3.54. The molecule has 3 heterocycles. The zero-order valence-electron chi connectivity index (χ0n) is 16.8. The first-order chi connectivity index (χ1) is 15.1. The predicted octanol–water partition coefficient (Wildman–Crippen LogP) is 4.88. The van der Waals surface area contributed by atoms with Crippen molar-refractivity contribution in [3.05, 3.63) is 102 Å². The number of imide groups is 1. The minimum atomic E-state index is -1.15. The lowest BCUT2D eigenvalue weighted by Crippen LogP contribution is -2.43. The van der Waals surface area contributed by atoms with Crippen molar-refractivity contribution in [2.45, 2.75) is 12.3 Å². The fraction of sp³-hybridized carbons (Fsp3) is 0.0769. The highest BCUT2D eigenvalue weighted by Gasteiger charge is 2.56. The van der Waals surface area contributed by atoms with Crippen LogP contribution in [0.5, 0.6) is 0 Å². The molecule has 1 aliphatic rings. The van der Waals surface area contributed by atoms with E-state index in [0.717, 1.165) is 38.5 Å². The standard InChI is InChI=1S/C26H19N3O2/c1-16(30)29-24-13-7-4-10-19(24)26(25(29)31,20-14-27-22-11-5-2-8-17(20)22)21-15-28-23-12-6-3-9-18(21)23/h2-15,27-28H,1H3. The van der Waals surface area contributed by atoms with Crippen molar-refractivity contribution in [3.63, 3.8) is 0 Å². The number of para-hydroxylation sites is 3. The molecule has 2 N–H and O–H groups in total. The Labute approximate surface area is 178 Å². The molecule has 150 valence electrons. The molecule has 6 rings (SSSR count). The molecule has 5 heteroatoms.